The third-order valence-corrected chi connectivity index (χ3v) is 10.9. The van der Waals surface area contributed by atoms with Gasteiger partial charge in [-0.05, 0) is 38.5 Å². The fraction of sp³-hybridized carbons (Fsp3) is 0.932. The SMILES string of the molecule is CCCCCCCC/C=C\CCCCCCCCCCCCOCC(COP(=O)(O)OCC(O)CO)OC(=O)CCCCCCCCCCCCCCC. The van der Waals surface area contributed by atoms with Gasteiger partial charge in [-0.1, -0.05) is 187 Å². The summed E-state index contributed by atoms with van der Waals surface area (Å²) in [5, 5.41) is 18.3. The highest BCUT2D eigenvalue weighted by molar-refractivity contribution is 7.47. The van der Waals surface area contributed by atoms with Gasteiger partial charge in [0.2, 0.25) is 0 Å². The standard InChI is InChI=1S/C44H87O9P/c1-3-5-7-9-11-13-15-17-18-19-20-21-22-23-25-27-29-31-33-35-37-50-40-43(41-52-54(48,49)51-39-42(46)38-45)53-44(47)36-34-32-30-28-26-24-16-14-12-10-8-6-4-2/h17-18,42-43,45-46H,3-16,19-41H2,1-2H3,(H,48,49)/b18-17-. The summed E-state index contributed by atoms with van der Waals surface area (Å²) >= 11 is 0. The molecule has 3 atom stereocenters. The van der Waals surface area contributed by atoms with Crippen LogP contribution < -0.4 is 0 Å². The molecule has 10 heteroatoms. The topological polar surface area (TPSA) is 132 Å². The van der Waals surface area contributed by atoms with Crippen molar-refractivity contribution in [1.82, 2.24) is 0 Å². The molecule has 9 nitrogen and oxygen atoms in total. The van der Waals surface area contributed by atoms with Crippen LogP contribution in [0.4, 0.5) is 0 Å². The molecule has 0 bridgehead atoms. The molecule has 322 valence electrons. The summed E-state index contributed by atoms with van der Waals surface area (Å²) in [5.74, 6) is -0.379. The van der Waals surface area contributed by atoms with Gasteiger partial charge in [-0.15, -0.1) is 0 Å². The van der Waals surface area contributed by atoms with Gasteiger partial charge in [-0.3, -0.25) is 13.8 Å². The third-order valence-electron chi connectivity index (χ3n) is 9.95. The molecule has 0 aliphatic rings. The van der Waals surface area contributed by atoms with E-state index < -0.39 is 33.2 Å². The predicted molar refractivity (Wildman–Crippen MR) is 224 cm³/mol. The number of esters is 1. The molecule has 3 unspecified atom stereocenters. The summed E-state index contributed by atoms with van der Waals surface area (Å²) in [4.78, 5) is 22.6. The minimum Gasteiger partial charge on any atom is -0.457 e. The molecule has 0 aromatic carbocycles. The zero-order valence-corrected chi connectivity index (χ0v) is 36.1. The van der Waals surface area contributed by atoms with Crippen LogP contribution in [0.5, 0.6) is 0 Å². The number of phosphoric acid groups is 1. The Morgan fingerprint density at radius 1 is 0.556 bits per heavy atom. The largest absolute Gasteiger partial charge is 0.472 e. The first-order valence-electron chi connectivity index (χ1n) is 22.7. The fourth-order valence-electron chi connectivity index (χ4n) is 6.47. The average molecular weight is 791 g/mol. The molecule has 0 fully saturated rings. The number of carbonyl (C=O) groups is 1. The van der Waals surface area contributed by atoms with E-state index in [2.05, 4.69) is 26.0 Å². The van der Waals surface area contributed by atoms with Crippen molar-refractivity contribution in [1.29, 1.82) is 0 Å². The van der Waals surface area contributed by atoms with E-state index in [1.54, 1.807) is 0 Å². The van der Waals surface area contributed by atoms with Gasteiger partial charge in [0.25, 0.3) is 0 Å². The van der Waals surface area contributed by atoms with Crippen molar-refractivity contribution in [3.63, 3.8) is 0 Å². The van der Waals surface area contributed by atoms with Gasteiger partial charge in [0.05, 0.1) is 26.4 Å². The molecule has 0 aliphatic carbocycles. The Morgan fingerprint density at radius 2 is 0.944 bits per heavy atom. The molecule has 3 N–H and O–H groups in total. The number of unbranched alkanes of at least 4 members (excludes halogenated alkanes) is 28. The lowest BCUT2D eigenvalue weighted by atomic mass is 10.0. The van der Waals surface area contributed by atoms with Crippen LogP contribution in [0, 0.1) is 0 Å². The molecular formula is C44H87O9P. The van der Waals surface area contributed by atoms with Crippen LogP contribution in [0.25, 0.3) is 0 Å². The second kappa shape index (κ2) is 41.8. The number of hydrogen-bond acceptors (Lipinski definition) is 8. The van der Waals surface area contributed by atoms with E-state index >= 15 is 0 Å². The lowest BCUT2D eigenvalue weighted by Crippen LogP contribution is -2.29. The molecule has 0 saturated carbocycles. The number of phosphoric ester groups is 1. The molecule has 0 rings (SSSR count). The quantitative estimate of drug-likeness (QED) is 0.0239. The molecule has 0 amide bonds. The van der Waals surface area contributed by atoms with Crippen molar-refractivity contribution in [3.05, 3.63) is 12.2 Å². The lowest BCUT2D eigenvalue weighted by Gasteiger charge is -2.20. The van der Waals surface area contributed by atoms with Crippen molar-refractivity contribution >= 4 is 13.8 Å². The van der Waals surface area contributed by atoms with Crippen LogP contribution in [0.2, 0.25) is 0 Å². The second-order valence-electron chi connectivity index (χ2n) is 15.4. The lowest BCUT2D eigenvalue weighted by molar-refractivity contribution is -0.154. The van der Waals surface area contributed by atoms with Gasteiger partial charge in [0.15, 0.2) is 0 Å². The second-order valence-corrected chi connectivity index (χ2v) is 16.9. The van der Waals surface area contributed by atoms with Gasteiger partial charge >= 0.3 is 13.8 Å². The first-order chi connectivity index (χ1) is 26.3. The normalized spacial score (nSPS) is 14.1. The molecule has 0 aromatic heterocycles. The number of ether oxygens (including phenoxy) is 2. The van der Waals surface area contributed by atoms with Crippen LogP contribution in [-0.2, 0) is 27.9 Å². The highest BCUT2D eigenvalue weighted by atomic mass is 31.2. The van der Waals surface area contributed by atoms with E-state index in [1.165, 1.54) is 161 Å². The van der Waals surface area contributed by atoms with Crippen LogP contribution in [0.1, 0.15) is 219 Å². The number of aliphatic hydroxyl groups excluding tert-OH is 2. The summed E-state index contributed by atoms with van der Waals surface area (Å²) in [5.41, 5.74) is 0. The third kappa shape index (κ3) is 40.9. The molecule has 0 radical (unpaired) electrons. The van der Waals surface area contributed by atoms with Crippen LogP contribution in [-0.4, -0.2) is 66.3 Å². The van der Waals surface area contributed by atoms with Gasteiger partial charge < -0.3 is 24.6 Å². The Kier molecular flexibility index (Phi) is 41.2. The van der Waals surface area contributed by atoms with Crippen molar-refractivity contribution in [2.45, 2.75) is 232 Å². The van der Waals surface area contributed by atoms with E-state index in [0.717, 1.165) is 38.5 Å². The maximum Gasteiger partial charge on any atom is 0.472 e. The van der Waals surface area contributed by atoms with E-state index in [1.807, 2.05) is 0 Å². The van der Waals surface area contributed by atoms with Crippen molar-refractivity contribution in [2.75, 3.05) is 33.0 Å². The van der Waals surface area contributed by atoms with Gasteiger partial charge in [0.1, 0.15) is 12.2 Å². The highest BCUT2D eigenvalue weighted by Gasteiger charge is 2.26. The molecular weight excluding hydrogens is 703 g/mol. The summed E-state index contributed by atoms with van der Waals surface area (Å²) in [6, 6.07) is 0. The van der Waals surface area contributed by atoms with E-state index in [4.69, 9.17) is 23.6 Å². The Labute approximate surface area is 332 Å². The number of carbonyl (C=O) groups excluding carboxylic acids is 1. The minimum absolute atomic E-state index is 0.0541. The van der Waals surface area contributed by atoms with E-state index in [0.29, 0.717) is 6.61 Å². The Hall–Kier alpha value is -0.800. The smallest absolute Gasteiger partial charge is 0.457 e. The van der Waals surface area contributed by atoms with E-state index in [-0.39, 0.29) is 25.6 Å². The zero-order chi connectivity index (χ0) is 39.6. The summed E-state index contributed by atoms with van der Waals surface area (Å²) in [7, 11) is -4.51. The monoisotopic (exact) mass is 791 g/mol. The predicted octanol–water partition coefficient (Wildman–Crippen LogP) is 12.5. The Balaban J connectivity index is 4.08. The highest BCUT2D eigenvalue weighted by Crippen LogP contribution is 2.43. The number of allylic oxidation sites excluding steroid dienone is 2. The number of aliphatic hydroxyl groups is 2. The molecule has 0 spiro atoms. The summed E-state index contributed by atoms with van der Waals surface area (Å²) < 4.78 is 33.4. The number of rotatable bonds is 44. The van der Waals surface area contributed by atoms with Crippen LogP contribution >= 0.6 is 7.82 Å². The Bertz CT molecular complexity index is 856. The zero-order valence-electron chi connectivity index (χ0n) is 35.2. The first kappa shape index (κ1) is 53.2. The number of hydrogen-bond donors (Lipinski definition) is 3. The molecule has 0 heterocycles. The van der Waals surface area contributed by atoms with Crippen molar-refractivity contribution < 1.29 is 43.0 Å². The summed E-state index contributed by atoms with van der Waals surface area (Å²) in [6.45, 7) is 3.55. The molecule has 0 saturated heterocycles. The van der Waals surface area contributed by atoms with Gasteiger partial charge in [-0.25, -0.2) is 4.57 Å². The van der Waals surface area contributed by atoms with Crippen LogP contribution in [0.3, 0.4) is 0 Å². The average Bonchev–Trinajstić information content (AvgIpc) is 3.16. The maximum atomic E-state index is 12.6. The van der Waals surface area contributed by atoms with Gasteiger partial charge in [-0.2, -0.15) is 0 Å². The molecule has 0 aliphatic heterocycles. The van der Waals surface area contributed by atoms with E-state index in [9.17, 15) is 19.4 Å². The van der Waals surface area contributed by atoms with Gasteiger partial charge in [0, 0.05) is 13.0 Å². The maximum absolute atomic E-state index is 12.6. The van der Waals surface area contributed by atoms with Crippen LogP contribution in [0.15, 0.2) is 12.2 Å². The fourth-order valence-corrected chi connectivity index (χ4v) is 7.26. The first-order valence-corrected chi connectivity index (χ1v) is 24.2. The molecule has 0 aromatic rings. The van der Waals surface area contributed by atoms with Crippen molar-refractivity contribution in [3.8, 4) is 0 Å². The Morgan fingerprint density at radius 3 is 1.39 bits per heavy atom. The van der Waals surface area contributed by atoms with Crippen molar-refractivity contribution in [2.24, 2.45) is 0 Å². The summed E-state index contributed by atoms with van der Waals surface area (Å²) in [6.07, 6.45) is 41.7. The minimum atomic E-state index is -4.51. The molecule has 54 heavy (non-hydrogen) atoms.